The van der Waals surface area contributed by atoms with E-state index in [1.807, 2.05) is 19.0 Å². The Kier molecular flexibility index (Phi) is 7.18. The Hall–Kier alpha value is -1.36. The number of unbranched alkanes of at least 4 members (excludes halogenated alkanes) is 3. The van der Waals surface area contributed by atoms with Crippen molar-refractivity contribution in [3.63, 3.8) is 0 Å². The molecule has 0 unspecified atom stereocenters. The Morgan fingerprint density at radius 3 is 2.68 bits per heavy atom. The highest BCUT2D eigenvalue weighted by Crippen LogP contribution is 2.03. The van der Waals surface area contributed by atoms with Gasteiger partial charge in [0.2, 0.25) is 0 Å². The van der Waals surface area contributed by atoms with E-state index in [1.54, 1.807) is 12.3 Å². The first kappa shape index (κ1) is 15.7. The van der Waals surface area contributed by atoms with E-state index in [1.165, 1.54) is 30.4 Å². The zero-order chi connectivity index (χ0) is 14.1. The van der Waals surface area contributed by atoms with Crippen LogP contribution in [0.2, 0.25) is 0 Å². The SMILES string of the molecule is CCCCCCNCCn1ncc(N(C)C)cc1=O. The topological polar surface area (TPSA) is 50.2 Å². The number of nitrogens with zero attached hydrogens (tertiary/aromatic N) is 3. The second kappa shape index (κ2) is 8.69. The van der Waals surface area contributed by atoms with Gasteiger partial charge in [-0.3, -0.25) is 4.79 Å². The molecule has 1 rings (SSSR count). The highest BCUT2D eigenvalue weighted by atomic mass is 16.1. The van der Waals surface area contributed by atoms with Crippen LogP contribution in [0.15, 0.2) is 17.1 Å². The van der Waals surface area contributed by atoms with Crippen LogP contribution in [0.3, 0.4) is 0 Å². The van der Waals surface area contributed by atoms with E-state index in [4.69, 9.17) is 0 Å². The molecule has 0 atom stereocenters. The first-order valence-electron chi connectivity index (χ1n) is 7.10. The smallest absolute Gasteiger partial charge is 0.268 e. The molecule has 1 aromatic rings. The molecule has 0 bridgehead atoms. The molecule has 0 saturated heterocycles. The summed E-state index contributed by atoms with van der Waals surface area (Å²) in [7, 11) is 3.80. The van der Waals surface area contributed by atoms with Gasteiger partial charge in [0, 0.05) is 26.7 Å². The van der Waals surface area contributed by atoms with Crippen LogP contribution in [0.25, 0.3) is 0 Å². The quantitative estimate of drug-likeness (QED) is 0.688. The number of rotatable bonds is 9. The van der Waals surface area contributed by atoms with Gasteiger partial charge in [0.15, 0.2) is 0 Å². The zero-order valence-electron chi connectivity index (χ0n) is 12.4. The minimum atomic E-state index is -0.0426. The van der Waals surface area contributed by atoms with Crippen LogP contribution < -0.4 is 15.8 Å². The number of nitrogens with one attached hydrogen (secondary N) is 1. The molecule has 1 aromatic heterocycles. The van der Waals surface area contributed by atoms with E-state index in [9.17, 15) is 4.79 Å². The summed E-state index contributed by atoms with van der Waals surface area (Å²) in [5, 5.41) is 7.52. The second-order valence-corrected chi connectivity index (χ2v) is 4.98. The van der Waals surface area contributed by atoms with Crippen molar-refractivity contribution < 1.29 is 0 Å². The first-order valence-corrected chi connectivity index (χ1v) is 7.10. The molecule has 1 heterocycles. The summed E-state index contributed by atoms with van der Waals surface area (Å²) in [6, 6.07) is 1.62. The molecular formula is C14H26N4O. The monoisotopic (exact) mass is 266 g/mol. The molecule has 0 aliphatic carbocycles. The molecule has 0 spiro atoms. The van der Waals surface area contributed by atoms with Crippen molar-refractivity contribution in [3.05, 3.63) is 22.6 Å². The van der Waals surface area contributed by atoms with Gasteiger partial charge in [-0.05, 0) is 13.0 Å². The number of hydrogen-bond donors (Lipinski definition) is 1. The van der Waals surface area contributed by atoms with Crippen LogP contribution in [0.5, 0.6) is 0 Å². The molecule has 1 N–H and O–H groups in total. The van der Waals surface area contributed by atoms with Crippen LogP contribution in [-0.4, -0.2) is 37.0 Å². The highest BCUT2D eigenvalue weighted by molar-refractivity contribution is 5.40. The Bertz CT molecular complexity index is 414. The predicted octanol–water partition coefficient (Wildman–Crippen LogP) is 1.48. The van der Waals surface area contributed by atoms with Crippen molar-refractivity contribution in [3.8, 4) is 0 Å². The van der Waals surface area contributed by atoms with E-state index in [0.717, 1.165) is 18.8 Å². The fraction of sp³-hybridized carbons (Fsp3) is 0.714. The van der Waals surface area contributed by atoms with Crippen molar-refractivity contribution in [1.29, 1.82) is 0 Å². The fourth-order valence-corrected chi connectivity index (χ4v) is 1.82. The lowest BCUT2D eigenvalue weighted by Crippen LogP contribution is -2.29. The fourth-order valence-electron chi connectivity index (χ4n) is 1.82. The second-order valence-electron chi connectivity index (χ2n) is 4.98. The molecule has 108 valence electrons. The van der Waals surface area contributed by atoms with Crippen LogP contribution in [0.4, 0.5) is 5.69 Å². The third kappa shape index (κ3) is 5.87. The predicted molar refractivity (Wildman–Crippen MR) is 79.8 cm³/mol. The summed E-state index contributed by atoms with van der Waals surface area (Å²) in [6.07, 6.45) is 6.77. The van der Waals surface area contributed by atoms with E-state index >= 15 is 0 Å². The van der Waals surface area contributed by atoms with E-state index in [2.05, 4.69) is 17.3 Å². The van der Waals surface area contributed by atoms with Gasteiger partial charge in [-0.1, -0.05) is 26.2 Å². The van der Waals surface area contributed by atoms with Crippen molar-refractivity contribution in [2.24, 2.45) is 0 Å². The standard InChI is InChI=1S/C14H26N4O/c1-4-5-6-7-8-15-9-10-18-14(19)11-13(12-16-18)17(2)3/h11-12,15H,4-10H2,1-3H3. The average molecular weight is 266 g/mol. The minimum Gasteiger partial charge on any atom is -0.376 e. The summed E-state index contributed by atoms with van der Waals surface area (Å²) >= 11 is 0. The van der Waals surface area contributed by atoms with Gasteiger partial charge in [-0.25, -0.2) is 4.68 Å². The summed E-state index contributed by atoms with van der Waals surface area (Å²) in [5.41, 5.74) is 0.799. The van der Waals surface area contributed by atoms with Crippen molar-refractivity contribution in [1.82, 2.24) is 15.1 Å². The molecule has 5 heteroatoms. The Morgan fingerprint density at radius 1 is 1.26 bits per heavy atom. The summed E-state index contributed by atoms with van der Waals surface area (Å²) in [5.74, 6) is 0. The highest BCUT2D eigenvalue weighted by Gasteiger charge is 2.01. The maximum atomic E-state index is 11.8. The lowest BCUT2D eigenvalue weighted by molar-refractivity contribution is 0.518. The number of aromatic nitrogens is 2. The summed E-state index contributed by atoms with van der Waals surface area (Å²) in [4.78, 5) is 13.7. The van der Waals surface area contributed by atoms with E-state index in [0.29, 0.717) is 6.54 Å². The summed E-state index contributed by atoms with van der Waals surface area (Å²) < 4.78 is 1.51. The number of anilines is 1. The Labute approximate surface area is 115 Å². The van der Waals surface area contributed by atoms with E-state index in [-0.39, 0.29) is 5.56 Å². The molecule has 0 fully saturated rings. The molecule has 0 aromatic carbocycles. The number of hydrogen-bond acceptors (Lipinski definition) is 4. The third-order valence-corrected chi connectivity index (χ3v) is 3.08. The Balaban J connectivity index is 2.28. The van der Waals surface area contributed by atoms with Gasteiger partial charge >= 0.3 is 0 Å². The molecular weight excluding hydrogens is 240 g/mol. The molecule has 0 amide bonds. The third-order valence-electron chi connectivity index (χ3n) is 3.08. The van der Waals surface area contributed by atoms with Gasteiger partial charge in [0.05, 0.1) is 18.4 Å². The normalized spacial score (nSPS) is 10.7. The lowest BCUT2D eigenvalue weighted by atomic mass is 10.2. The van der Waals surface area contributed by atoms with Crippen LogP contribution in [0.1, 0.15) is 32.6 Å². The van der Waals surface area contributed by atoms with Gasteiger partial charge < -0.3 is 10.2 Å². The van der Waals surface area contributed by atoms with Crippen molar-refractivity contribution >= 4 is 5.69 Å². The van der Waals surface area contributed by atoms with Gasteiger partial charge in [-0.15, -0.1) is 0 Å². The molecule has 0 saturated carbocycles. The van der Waals surface area contributed by atoms with E-state index < -0.39 is 0 Å². The van der Waals surface area contributed by atoms with Crippen molar-refractivity contribution in [2.45, 2.75) is 39.2 Å². The molecule has 0 aliphatic heterocycles. The first-order chi connectivity index (χ1) is 9.15. The molecule has 5 nitrogen and oxygen atoms in total. The van der Waals surface area contributed by atoms with Crippen LogP contribution in [0, 0.1) is 0 Å². The summed E-state index contributed by atoms with van der Waals surface area (Å²) in [6.45, 7) is 4.65. The van der Waals surface area contributed by atoms with Crippen molar-refractivity contribution in [2.75, 3.05) is 32.1 Å². The van der Waals surface area contributed by atoms with Gasteiger partial charge in [0.1, 0.15) is 0 Å². The molecule has 0 aliphatic rings. The lowest BCUT2D eigenvalue weighted by Gasteiger charge is -2.12. The van der Waals surface area contributed by atoms with Gasteiger partial charge in [-0.2, -0.15) is 5.10 Å². The molecule has 19 heavy (non-hydrogen) atoms. The zero-order valence-corrected chi connectivity index (χ0v) is 12.4. The minimum absolute atomic E-state index is 0.0426. The maximum Gasteiger partial charge on any atom is 0.268 e. The average Bonchev–Trinajstić information content (AvgIpc) is 2.39. The van der Waals surface area contributed by atoms with Crippen LogP contribution >= 0.6 is 0 Å². The van der Waals surface area contributed by atoms with Crippen LogP contribution in [-0.2, 0) is 6.54 Å². The maximum absolute atomic E-state index is 11.8. The van der Waals surface area contributed by atoms with Gasteiger partial charge in [0.25, 0.3) is 5.56 Å². The largest absolute Gasteiger partial charge is 0.376 e. The Morgan fingerprint density at radius 2 is 2.05 bits per heavy atom. The molecule has 0 radical (unpaired) electrons.